The molecule has 194 valence electrons. The largest absolute Gasteiger partial charge is 0.311 e. The van der Waals surface area contributed by atoms with Gasteiger partial charge >= 0.3 is 0 Å². The fraction of sp³-hybridized carbons (Fsp3) is 0.278. The number of thiophene rings is 1. The number of rotatable bonds is 2. The Balaban J connectivity index is 1.62. The molecule has 0 spiro atoms. The van der Waals surface area contributed by atoms with E-state index in [0.717, 1.165) is 6.42 Å². The van der Waals surface area contributed by atoms with Crippen LogP contribution in [0.2, 0.25) is 0 Å². The van der Waals surface area contributed by atoms with Crippen molar-refractivity contribution in [3.05, 3.63) is 95.6 Å². The Hall–Kier alpha value is -3.30. The molecule has 0 saturated heterocycles. The molecule has 2 aliphatic rings. The quantitative estimate of drug-likeness (QED) is 0.205. The molecule has 0 N–H and O–H groups in total. The van der Waals surface area contributed by atoms with Gasteiger partial charge in [0, 0.05) is 21.8 Å². The van der Waals surface area contributed by atoms with Crippen molar-refractivity contribution < 1.29 is 0 Å². The summed E-state index contributed by atoms with van der Waals surface area (Å²) < 4.78 is 2.92. The topological polar surface area (TPSA) is 3.24 Å². The highest BCUT2D eigenvalue weighted by atomic mass is 32.1. The molecular formula is C36H36BNS. The Morgan fingerprint density at radius 1 is 0.744 bits per heavy atom. The van der Waals surface area contributed by atoms with Gasteiger partial charge in [0.2, 0.25) is 0 Å². The molecule has 7 rings (SSSR count). The van der Waals surface area contributed by atoms with E-state index in [4.69, 9.17) is 0 Å². The maximum atomic E-state index is 2.55. The number of fused-ring (bicyclic) bond motifs is 7. The second-order valence-electron chi connectivity index (χ2n) is 13.4. The summed E-state index contributed by atoms with van der Waals surface area (Å²) in [5.74, 6) is 0. The summed E-state index contributed by atoms with van der Waals surface area (Å²) in [4.78, 5) is 2.55. The van der Waals surface area contributed by atoms with E-state index in [9.17, 15) is 0 Å². The molecule has 0 amide bonds. The van der Waals surface area contributed by atoms with Crippen molar-refractivity contribution in [3.8, 4) is 11.1 Å². The van der Waals surface area contributed by atoms with Crippen molar-refractivity contribution in [3.63, 3.8) is 0 Å². The minimum Gasteiger partial charge on any atom is -0.311 e. The van der Waals surface area contributed by atoms with E-state index in [-0.39, 0.29) is 17.5 Å². The predicted octanol–water partition coefficient (Wildman–Crippen LogP) is 8.34. The Bertz CT molecular complexity index is 1760. The number of anilines is 3. The van der Waals surface area contributed by atoms with Gasteiger partial charge in [-0.25, -0.2) is 0 Å². The lowest BCUT2D eigenvalue weighted by molar-refractivity contribution is 0.590. The lowest BCUT2D eigenvalue weighted by Gasteiger charge is -2.38. The first-order chi connectivity index (χ1) is 18.6. The molecule has 5 aromatic rings. The minimum absolute atomic E-state index is 0.0417. The highest BCUT2D eigenvalue weighted by Gasteiger charge is 2.45. The van der Waals surface area contributed by atoms with E-state index in [2.05, 4.69) is 132 Å². The number of hydrogen-bond acceptors (Lipinski definition) is 2. The Morgan fingerprint density at radius 3 is 2.15 bits per heavy atom. The number of benzene rings is 4. The first kappa shape index (κ1) is 24.7. The Labute approximate surface area is 237 Å². The van der Waals surface area contributed by atoms with E-state index < -0.39 is 0 Å². The van der Waals surface area contributed by atoms with Gasteiger partial charge in [-0.05, 0) is 103 Å². The van der Waals surface area contributed by atoms with Crippen LogP contribution in [0.15, 0.2) is 78.9 Å². The lowest BCUT2D eigenvalue weighted by Crippen LogP contribution is -2.54. The van der Waals surface area contributed by atoms with Crippen LogP contribution >= 0.6 is 11.3 Å². The van der Waals surface area contributed by atoms with Crippen molar-refractivity contribution in [1.82, 2.24) is 0 Å². The SMILES string of the molecule is CCc1ccc2sc3c(c2c1)-c1cc(C(C)(C)C)cc2c1B3c1ccc(C(C)(C)C)cc1N2c1ccccc1. The molecule has 0 aliphatic carbocycles. The molecule has 39 heavy (non-hydrogen) atoms. The first-order valence-electron chi connectivity index (χ1n) is 14.3. The van der Waals surface area contributed by atoms with Crippen LogP contribution in [-0.2, 0) is 17.3 Å². The van der Waals surface area contributed by atoms with Crippen molar-refractivity contribution in [1.29, 1.82) is 0 Å². The molecule has 0 radical (unpaired) electrons. The van der Waals surface area contributed by atoms with Crippen LogP contribution in [0.25, 0.3) is 21.2 Å². The molecule has 3 heteroatoms. The molecule has 0 saturated carbocycles. The van der Waals surface area contributed by atoms with E-state index >= 15 is 0 Å². The summed E-state index contributed by atoms with van der Waals surface area (Å²) in [5, 5.41) is 1.43. The van der Waals surface area contributed by atoms with Crippen LogP contribution in [0.5, 0.6) is 0 Å². The van der Waals surface area contributed by atoms with E-state index in [1.54, 1.807) is 0 Å². The van der Waals surface area contributed by atoms with Gasteiger partial charge in [0.1, 0.15) is 0 Å². The van der Waals surface area contributed by atoms with Crippen LogP contribution in [0.4, 0.5) is 17.1 Å². The van der Waals surface area contributed by atoms with Gasteiger partial charge in [0.25, 0.3) is 6.71 Å². The van der Waals surface area contributed by atoms with Crippen LogP contribution < -0.4 is 20.6 Å². The summed E-state index contributed by atoms with van der Waals surface area (Å²) in [7, 11) is 0. The molecule has 0 atom stereocenters. The Morgan fingerprint density at radius 2 is 1.46 bits per heavy atom. The normalized spacial score (nSPS) is 14.0. The van der Waals surface area contributed by atoms with Crippen LogP contribution in [-0.4, -0.2) is 6.71 Å². The zero-order valence-corrected chi connectivity index (χ0v) is 25.0. The molecule has 2 aliphatic heterocycles. The Kier molecular flexibility index (Phi) is 5.30. The number of para-hydroxylation sites is 1. The smallest absolute Gasteiger partial charge is 0.260 e. The highest BCUT2D eigenvalue weighted by molar-refractivity contribution is 7.34. The monoisotopic (exact) mass is 525 g/mol. The van der Waals surface area contributed by atoms with Gasteiger partial charge in [0.05, 0.1) is 0 Å². The summed E-state index contributed by atoms with van der Waals surface area (Å²) in [6.45, 7) is 16.5. The average Bonchev–Trinajstić information content (AvgIpc) is 3.43. The van der Waals surface area contributed by atoms with Gasteiger partial charge in [0.15, 0.2) is 0 Å². The van der Waals surface area contributed by atoms with E-state index in [0.29, 0.717) is 0 Å². The van der Waals surface area contributed by atoms with Crippen molar-refractivity contribution in [2.45, 2.75) is 65.7 Å². The fourth-order valence-corrected chi connectivity index (χ4v) is 7.82. The highest BCUT2D eigenvalue weighted by Crippen LogP contribution is 2.46. The predicted molar refractivity (Wildman–Crippen MR) is 173 cm³/mol. The fourth-order valence-electron chi connectivity index (χ4n) is 6.49. The first-order valence-corrected chi connectivity index (χ1v) is 15.1. The molecule has 0 fully saturated rings. The van der Waals surface area contributed by atoms with Gasteiger partial charge < -0.3 is 4.90 Å². The molecule has 3 heterocycles. The number of aryl methyl sites for hydroxylation is 1. The summed E-state index contributed by atoms with van der Waals surface area (Å²) in [6, 6.07) is 30.4. The van der Waals surface area contributed by atoms with Gasteiger partial charge in [-0.2, -0.15) is 0 Å². The van der Waals surface area contributed by atoms with Crippen LogP contribution in [0.3, 0.4) is 0 Å². The van der Waals surface area contributed by atoms with E-state index in [1.807, 2.05) is 11.3 Å². The zero-order valence-electron chi connectivity index (χ0n) is 24.1. The van der Waals surface area contributed by atoms with Crippen molar-refractivity contribution in [2.24, 2.45) is 0 Å². The van der Waals surface area contributed by atoms with Crippen LogP contribution in [0, 0.1) is 0 Å². The second kappa shape index (κ2) is 8.35. The molecule has 1 nitrogen and oxygen atoms in total. The maximum Gasteiger partial charge on any atom is 0.260 e. The number of nitrogens with zero attached hydrogens (tertiary/aromatic N) is 1. The lowest BCUT2D eigenvalue weighted by atomic mass is 9.39. The van der Waals surface area contributed by atoms with Crippen molar-refractivity contribution >= 4 is 60.9 Å². The molecule has 4 aromatic carbocycles. The van der Waals surface area contributed by atoms with Crippen LogP contribution in [0.1, 0.15) is 65.2 Å². The standard InChI is InChI=1S/C36H36BNS/c1-8-22-14-17-31-26(18-22)32-27-19-24(36(5,6)7)21-30-33(27)37(34(32)39-31)28-16-15-23(35(2,3)4)20-29(28)38(30)25-12-10-9-11-13-25/h9-21H,8H2,1-7H3. The number of hydrogen-bond donors (Lipinski definition) is 0. The summed E-state index contributed by atoms with van der Waals surface area (Å²) >= 11 is 2.00. The molecule has 0 unspecified atom stereocenters. The van der Waals surface area contributed by atoms with Gasteiger partial charge in [-0.3, -0.25) is 0 Å². The van der Waals surface area contributed by atoms with Crippen molar-refractivity contribution in [2.75, 3.05) is 4.90 Å². The molecule has 0 bridgehead atoms. The molecule has 1 aromatic heterocycles. The second-order valence-corrected chi connectivity index (χ2v) is 14.4. The third kappa shape index (κ3) is 3.66. The minimum atomic E-state index is 0.0417. The van der Waals surface area contributed by atoms with E-state index in [1.165, 1.54) is 70.7 Å². The molecular weight excluding hydrogens is 489 g/mol. The summed E-state index contributed by atoms with van der Waals surface area (Å²) in [5.41, 5.74) is 14.0. The van der Waals surface area contributed by atoms with Gasteiger partial charge in [-0.15, -0.1) is 11.3 Å². The maximum absolute atomic E-state index is 2.55. The van der Waals surface area contributed by atoms with Gasteiger partial charge in [-0.1, -0.05) is 90.9 Å². The summed E-state index contributed by atoms with van der Waals surface area (Å²) in [6.07, 6.45) is 1.06. The third-order valence-electron chi connectivity index (χ3n) is 8.74. The zero-order chi connectivity index (χ0) is 27.3. The third-order valence-corrected chi connectivity index (χ3v) is 9.97. The average molecular weight is 526 g/mol.